The van der Waals surface area contributed by atoms with Gasteiger partial charge in [0, 0.05) is 48.5 Å². The van der Waals surface area contributed by atoms with E-state index in [1.807, 2.05) is 0 Å². The minimum atomic E-state index is -1.95. The molecular formula is C32H46O23. The molecule has 3 heterocycles. The summed E-state index contributed by atoms with van der Waals surface area (Å²) in [6.45, 7) is 5.00. The monoisotopic (exact) mass is 798 g/mol. The molecule has 3 aliphatic rings. The first kappa shape index (κ1) is 45.3. The normalized spacial score (nSPS) is 36.0. The molecule has 0 saturated carbocycles. The number of esters is 7. The molecule has 0 aromatic heterocycles. The van der Waals surface area contributed by atoms with E-state index >= 15 is 0 Å². The molecule has 0 radical (unpaired) electrons. The highest BCUT2D eigenvalue weighted by Crippen LogP contribution is 2.36. The third-order valence-corrected chi connectivity index (χ3v) is 8.00. The number of carbonyl (C=O) groups is 7. The lowest BCUT2D eigenvalue weighted by molar-refractivity contribution is -0.365. The standard InChI is InChI=1S/C32H46O23/c1-11(33)44-9-19-24(47-13(3)35)26(48-14(4)36)29(51-17(7)39)32(54-19)55-25-20(10-45-12(2)34)53-31(28(50-16(6)38)27(25)49-15(5)37)46-8-18-21(40)22(41)23(42)30(43)52-18/h18-32,40-43H,8-10H2,1-7H3/t18-,19-,20-,21+,22+,23-,24+,25-,26+,27+,28-,29-,30-,31-,32+/m1/s1. The van der Waals surface area contributed by atoms with Crippen LogP contribution in [0.2, 0.25) is 0 Å². The van der Waals surface area contributed by atoms with E-state index in [-0.39, 0.29) is 0 Å². The van der Waals surface area contributed by atoms with Gasteiger partial charge in [0.15, 0.2) is 49.4 Å². The van der Waals surface area contributed by atoms with Crippen molar-refractivity contribution in [1.29, 1.82) is 0 Å². The number of rotatable bonds is 14. The Balaban J connectivity index is 2.12. The van der Waals surface area contributed by atoms with Gasteiger partial charge in [0.1, 0.15) is 55.9 Å². The maximum atomic E-state index is 12.6. The van der Waals surface area contributed by atoms with Gasteiger partial charge in [-0.3, -0.25) is 33.6 Å². The van der Waals surface area contributed by atoms with Gasteiger partial charge in [-0.15, -0.1) is 0 Å². The second kappa shape index (κ2) is 20.2. The third-order valence-electron chi connectivity index (χ3n) is 8.00. The average molecular weight is 799 g/mol. The molecule has 3 aliphatic heterocycles. The third kappa shape index (κ3) is 12.7. The fraction of sp³-hybridized carbons (Fsp3) is 0.781. The number of aliphatic hydroxyl groups is 4. The van der Waals surface area contributed by atoms with Crippen LogP contribution in [0.15, 0.2) is 0 Å². The van der Waals surface area contributed by atoms with Crippen molar-refractivity contribution >= 4 is 41.8 Å². The fourth-order valence-corrected chi connectivity index (χ4v) is 5.86. The number of aliphatic hydroxyl groups excluding tert-OH is 4. The van der Waals surface area contributed by atoms with E-state index < -0.39 is 154 Å². The van der Waals surface area contributed by atoms with Crippen LogP contribution in [0.4, 0.5) is 0 Å². The van der Waals surface area contributed by atoms with Crippen LogP contribution < -0.4 is 0 Å². The Morgan fingerprint density at radius 2 is 0.818 bits per heavy atom. The molecule has 0 aromatic rings. The first-order chi connectivity index (χ1) is 25.7. The Labute approximate surface area is 313 Å². The molecule has 15 atom stereocenters. The topological polar surface area (TPSA) is 311 Å². The summed E-state index contributed by atoms with van der Waals surface area (Å²) in [4.78, 5) is 85.6. The van der Waals surface area contributed by atoms with Crippen LogP contribution in [-0.2, 0) is 90.4 Å². The first-order valence-corrected chi connectivity index (χ1v) is 16.8. The number of hydrogen-bond donors (Lipinski definition) is 4. The molecule has 23 heteroatoms. The molecule has 312 valence electrons. The second-order valence-corrected chi connectivity index (χ2v) is 12.5. The quantitative estimate of drug-likeness (QED) is 0.0975. The molecule has 23 nitrogen and oxygen atoms in total. The van der Waals surface area contributed by atoms with Crippen molar-refractivity contribution < 1.29 is 111 Å². The molecule has 0 unspecified atom stereocenters. The van der Waals surface area contributed by atoms with Crippen molar-refractivity contribution in [3.8, 4) is 0 Å². The van der Waals surface area contributed by atoms with Crippen LogP contribution in [0.3, 0.4) is 0 Å². The zero-order valence-corrected chi connectivity index (χ0v) is 30.8. The van der Waals surface area contributed by atoms with E-state index in [9.17, 15) is 54.0 Å². The summed E-state index contributed by atoms with van der Waals surface area (Å²) in [5, 5.41) is 40.4. The van der Waals surface area contributed by atoms with Crippen LogP contribution in [-0.4, -0.2) is 174 Å². The van der Waals surface area contributed by atoms with Crippen molar-refractivity contribution in [3.05, 3.63) is 0 Å². The van der Waals surface area contributed by atoms with Crippen LogP contribution in [0, 0.1) is 0 Å². The van der Waals surface area contributed by atoms with Gasteiger partial charge >= 0.3 is 41.8 Å². The van der Waals surface area contributed by atoms with E-state index in [2.05, 4.69) is 0 Å². The number of ether oxygens (including phenoxy) is 12. The SMILES string of the molecule is CC(=O)OC[C@H]1O[C@@H](O[C@H]2[C@H](OC(C)=O)[C@@H](OC(C)=O)[C@H](OC[C@H]3O[C@@H](O)[C@H](O)[C@@H](O)[C@H]3O)O[C@@H]2COC(C)=O)[C@H](OC(C)=O)[C@@H](OC(C)=O)[C@H]1OC(C)=O. The van der Waals surface area contributed by atoms with Gasteiger partial charge in [0.25, 0.3) is 0 Å². The summed E-state index contributed by atoms with van der Waals surface area (Å²) < 4.78 is 66.6. The van der Waals surface area contributed by atoms with Gasteiger partial charge in [-0.2, -0.15) is 0 Å². The lowest BCUT2D eigenvalue weighted by Gasteiger charge is -2.48. The minimum Gasteiger partial charge on any atom is -0.463 e. The Hall–Kier alpha value is -4.07. The molecule has 3 fully saturated rings. The Morgan fingerprint density at radius 3 is 1.29 bits per heavy atom. The Morgan fingerprint density at radius 1 is 0.418 bits per heavy atom. The largest absolute Gasteiger partial charge is 0.463 e. The van der Waals surface area contributed by atoms with Gasteiger partial charge in [-0.25, -0.2) is 0 Å². The lowest BCUT2D eigenvalue weighted by Crippen LogP contribution is -2.67. The molecule has 0 spiro atoms. The van der Waals surface area contributed by atoms with E-state index in [4.69, 9.17) is 56.8 Å². The number of hydrogen-bond acceptors (Lipinski definition) is 23. The second-order valence-electron chi connectivity index (χ2n) is 12.5. The van der Waals surface area contributed by atoms with Crippen LogP contribution in [0.1, 0.15) is 48.5 Å². The Kier molecular flexibility index (Phi) is 16.6. The summed E-state index contributed by atoms with van der Waals surface area (Å²) in [6.07, 6.45) is -26.1. The maximum absolute atomic E-state index is 12.6. The summed E-state index contributed by atoms with van der Waals surface area (Å²) in [7, 11) is 0. The van der Waals surface area contributed by atoms with E-state index in [1.54, 1.807) is 0 Å². The zero-order valence-electron chi connectivity index (χ0n) is 30.8. The molecule has 0 bridgehead atoms. The van der Waals surface area contributed by atoms with Gasteiger partial charge in [0.2, 0.25) is 0 Å². The van der Waals surface area contributed by atoms with Crippen LogP contribution in [0.25, 0.3) is 0 Å². The first-order valence-electron chi connectivity index (χ1n) is 16.8. The molecule has 3 saturated heterocycles. The van der Waals surface area contributed by atoms with Crippen LogP contribution >= 0.6 is 0 Å². The highest BCUT2D eigenvalue weighted by Gasteiger charge is 2.58. The molecule has 3 rings (SSSR count). The highest BCUT2D eigenvalue weighted by atomic mass is 16.8. The van der Waals surface area contributed by atoms with Crippen molar-refractivity contribution in [2.24, 2.45) is 0 Å². The average Bonchev–Trinajstić information content (AvgIpc) is 3.06. The predicted octanol–water partition coefficient (Wildman–Crippen LogP) is -3.58. The summed E-state index contributed by atoms with van der Waals surface area (Å²) in [5.41, 5.74) is 0. The van der Waals surface area contributed by atoms with Crippen molar-refractivity contribution in [3.63, 3.8) is 0 Å². The fourth-order valence-electron chi connectivity index (χ4n) is 5.86. The van der Waals surface area contributed by atoms with E-state index in [1.165, 1.54) is 0 Å². The maximum Gasteiger partial charge on any atom is 0.303 e. The van der Waals surface area contributed by atoms with Gasteiger partial charge in [-0.05, 0) is 0 Å². The lowest BCUT2D eigenvalue weighted by atomic mass is 9.95. The molecule has 4 N–H and O–H groups in total. The van der Waals surface area contributed by atoms with Gasteiger partial charge < -0.3 is 77.3 Å². The summed E-state index contributed by atoms with van der Waals surface area (Å²) >= 11 is 0. The molecule has 0 aromatic carbocycles. The minimum absolute atomic E-state index is 0.634. The van der Waals surface area contributed by atoms with Gasteiger partial charge in [0.05, 0.1) is 6.61 Å². The van der Waals surface area contributed by atoms with Crippen molar-refractivity contribution in [1.82, 2.24) is 0 Å². The van der Waals surface area contributed by atoms with E-state index in [0.29, 0.717) is 0 Å². The Bertz CT molecular complexity index is 1390. The molecule has 0 aliphatic carbocycles. The van der Waals surface area contributed by atoms with Crippen LogP contribution in [0.5, 0.6) is 0 Å². The van der Waals surface area contributed by atoms with Gasteiger partial charge in [-0.1, -0.05) is 0 Å². The van der Waals surface area contributed by atoms with Crippen molar-refractivity contribution in [2.45, 2.75) is 141 Å². The van der Waals surface area contributed by atoms with E-state index in [0.717, 1.165) is 48.5 Å². The smallest absolute Gasteiger partial charge is 0.303 e. The van der Waals surface area contributed by atoms with Crippen molar-refractivity contribution in [2.75, 3.05) is 19.8 Å². The molecule has 0 amide bonds. The molecular weight excluding hydrogens is 752 g/mol. The summed E-state index contributed by atoms with van der Waals surface area (Å²) in [5.74, 6) is -6.44. The number of carbonyl (C=O) groups excluding carboxylic acids is 7. The highest BCUT2D eigenvalue weighted by molar-refractivity contribution is 5.69. The zero-order chi connectivity index (χ0) is 41.3. The molecule has 55 heavy (non-hydrogen) atoms. The predicted molar refractivity (Wildman–Crippen MR) is 168 cm³/mol. The summed E-state index contributed by atoms with van der Waals surface area (Å²) in [6, 6.07) is 0.